The molecule has 27 heavy (non-hydrogen) atoms. The Morgan fingerprint density at radius 2 is 2.07 bits per heavy atom. The molecule has 0 aliphatic carbocycles. The van der Waals surface area contributed by atoms with Gasteiger partial charge in [-0.05, 0) is 18.6 Å². The van der Waals surface area contributed by atoms with Gasteiger partial charge < -0.3 is 19.7 Å². The third-order valence-electron chi connectivity index (χ3n) is 4.12. The van der Waals surface area contributed by atoms with E-state index in [1.54, 1.807) is 24.3 Å². The smallest absolute Gasteiger partial charge is 0.224 e. The molecule has 1 aliphatic heterocycles. The second-order valence-electron chi connectivity index (χ2n) is 6.18. The summed E-state index contributed by atoms with van der Waals surface area (Å²) < 4.78 is 24.6. The van der Waals surface area contributed by atoms with E-state index in [1.807, 2.05) is 6.92 Å². The van der Waals surface area contributed by atoms with Gasteiger partial charge in [0.25, 0.3) is 0 Å². The molecule has 0 radical (unpaired) electrons. The van der Waals surface area contributed by atoms with Gasteiger partial charge in [0, 0.05) is 19.2 Å². The summed E-state index contributed by atoms with van der Waals surface area (Å²) in [5.41, 5.74) is 0.373. The number of hydrogen-bond acceptors (Lipinski definition) is 6. The van der Waals surface area contributed by atoms with Crippen LogP contribution in [0.5, 0.6) is 5.88 Å². The van der Waals surface area contributed by atoms with Crippen LogP contribution < -0.4 is 15.0 Å². The van der Waals surface area contributed by atoms with Crippen LogP contribution in [0.25, 0.3) is 0 Å². The Bertz CT molecular complexity index is 781. The molecule has 8 heteroatoms. The first-order valence-electron chi connectivity index (χ1n) is 8.93. The van der Waals surface area contributed by atoms with Crippen molar-refractivity contribution < 1.29 is 18.7 Å². The van der Waals surface area contributed by atoms with E-state index in [1.165, 1.54) is 6.07 Å². The van der Waals surface area contributed by atoms with Crippen LogP contribution in [-0.4, -0.2) is 55.3 Å². The molecular weight excluding hydrogens is 351 g/mol. The summed E-state index contributed by atoms with van der Waals surface area (Å²) in [6, 6.07) is 8.04. The first kappa shape index (κ1) is 19.0. The second kappa shape index (κ2) is 9.27. The summed E-state index contributed by atoms with van der Waals surface area (Å²) in [6.45, 7) is 5.29. The molecule has 144 valence electrons. The Hall–Kier alpha value is -2.74. The fourth-order valence-electron chi connectivity index (χ4n) is 2.78. The maximum Gasteiger partial charge on any atom is 0.224 e. The number of rotatable bonds is 7. The van der Waals surface area contributed by atoms with Gasteiger partial charge in [-0.3, -0.25) is 4.79 Å². The predicted octanol–water partition coefficient (Wildman–Crippen LogP) is 1.50. The van der Waals surface area contributed by atoms with Gasteiger partial charge in [-0.1, -0.05) is 18.2 Å². The van der Waals surface area contributed by atoms with Gasteiger partial charge in [0.1, 0.15) is 24.1 Å². The molecule has 7 nitrogen and oxygen atoms in total. The van der Waals surface area contributed by atoms with Crippen LogP contribution in [0.2, 0.25) is 0 Å². The molecule has 3 rings (SSSR count). The molecule has 2 heterocycles. The van der Waals surface area contributed by atoms with Crippen molar-refractivity contribution in [3.63, 3.8) is 0 Å². The molecule has 1 amide bonds. The minimum absolute atomic E-state index is 0.000464. The highest BCUT2D eigenvalue weighted by Crippen LogP contribution is 2.18. The van der Waals surface area contributed by atoms with Gasteiger partial charge in [0.2, 0.25) is 11.8 Å². The number of nitrogens with one attached hydrogen (secondary N) is 1. The lowest BCUT2D eigenvalue weighted by Crippen LogP contribution is -2.37. The molecule has 0 saturated carbocycles. The quantitative estimate of drug-likeness (QED) is 0.740. The highest BCUT2D eigenvalue weighted by molar-refractivity contribution is 5.78. The molecule has 0 bridgehead atoms. The molecule has 1 aromatic carbocycles. The third-order valence-corrected chi connectivity index (χ3v) is 4.12. The average molecular weight is 374 g/mol. The molecule has 1 fully saturated rings. The predicted molar refractivity (Wildman–Crippen MR) is 98.4 cm³/mol. The summed E-state index contributed by atoms with van der Waals surface area (Å²) in [5, 5.41) is 2.72. The number of carbonyl (C=O) groups is 1. The summed E-state index contributed by atoms with van der Waals surface area (Å²) in [5.74, 6) is 1.27. The summed E-state index contributed by atoms with van der Waals surface area (Å²) in [4.78, 5) is 22.8. The number of ether oxygens (including phenoxy) is 2. The number of aryl methyl sites for hydroxylation is 1. The molecule has 1 N–H and O–H groups in total. The molecule has 0 atom stereocenters. The lowest BCUT2D eigenvalue weighted by molar-refractivity contribution is -0.120. The maximum absolute atomic E-state index is 13.6. The number of nitrogens with zero attached hydrogens (tertiary/aromatic N) is 3. The SMILES string of the molecule is Cc1nc(OCCNC(=O)Cc2ccccc2F)cc(N2CCOCC2)n1. The average Bonchev–Trinajstić information content (AvgIpc) is 2.67. The normalized spacial score (nSPS) is 14.1. The zero-order valence-corrected chi connectivity index (χ0v) is 15.3. The Labute approximate surface area is 157 Å². The first-order chi connectivity index (χ1) is 13.1. The van der Waals surface area contributed by atoms with Crippen LogP contribution >= 0.6 is 0 Å². The van der Waals surface area contributed by atoms with Crippen LogP contribution in [0.1, 0.15) is 11.4 Å². The van der Waals surface area contributed by atoms with Crippen molar-refractivity contribution in [2.75, 3.05) is 44.4 Å². The fraction of sp³-hybridized carbons (Fsp3) is 0.421. The standard InChI is InChI=1S/C19H23FN4O3/c1-14-22-17(24-7-10-26-11-8-24)13-19(23-14)27-9-6-21-18(25)12-15-4-2-3-5-16(15)20/h2-5,13H,6-12H2,1H3,(H,21,25). The van der Waals surface area contributed by atoms with E-state index in [-0.39, 0.29) is 24.8 Å². The third kappa shape index (κ3) is 5.62. The number of benzene rings is 1. The summed E-state index contributed by atoms with van der Waals surface area (Å²) in [6.07, 6.45) is 0.000464. The van der Waals surface area contributed by atoms with Gasteiger partial charge in [-0.15, -0.1) is 0 Å². The minimum atomic E-state index is -0.379. The van der Waals surface area contributed by atoms with E-state index in [4.69, 9.17) is 9.47 Å². The topological polar surface area (TPSA) is 76.6 Å². The highest BCUT2D eigenvalue weighted by Gasteiger charge is 2.14. The molecule has 1 aliphatic rings. The zero-order chi connectivity index (χ0) is 19.1. The van der Waals surface area contributed by atoms with E-state index >= 15 is 0 Å². The second-order valence-corrected chi connectivity index (χ2v) is 6.18. The Morgan fingerprint density at radius 1 is 1.30 bits per heavy atom. The van der Waals surface area contributed by atoms with Crippen molar-refractivity contribution in [1.29, 1.82) is 0 Å². The summed E-state index contributed by atoms with van der Waals surface area (Å²) >= 11 is 0. The number of amides is 1. The van der Waals surface area contributed by atoms with E-state index in [0.717, 1.165) is 18.9 Å². The number of carbonyl (C=O) groups excluding carboxylic acids is 1. The van der Waals surface area contributed by atoms with Gasteiger partial charge in [-0.2, -0.15) is 4.98 Å². The largest absolute Gasteiger partial charge is 0.476 e. The van der Waals surface area contributed by atoms with Crippen LogP contribution in [0, 0.1) is 12.7 Å². The van der Waals surface area contributed by atoms with Gasteiger partial charge in [0.05, 0.1) is 26.2 Å². The molecule has 2 aromatic rings. The lowest BCUT2D eigenvalue weighted by atomic mass is 10.1. The molecular formula is C19H23FN4O3. The van der Waals surface area contributed by atoms with Gasteiger partial charge in [0.15, 0.2) is 0 Å². The molecule has 0 spiro atoms. The minimum Gasteiger partial charge on any atom is -0.476 e. The Morgan fingerprint density at radius 3 is 2.85 bits per heavy atom. The Kier molecular flexibility index (Phi) is 6.54. The van der Waals surface area contributed by atoms with E-state index in [2.05, 4.69) is 20.2 Å². The fourth-order valence-corrected chi connectivity index (χ4v) is 2.78. The van der Waals surface area contributed by atoms with E-state index in [0.29, 0.717) is 37.0 Å². The van der Waals surface area contributed by atoms with E-state index in [9.17, 15) is 9.18 Å². The van der Waals surface area contributed by atoms with Crippen molar-refractivity contribution in [3.8, 4) is 5.88 Å². The zero-order valence-electron chi connectivity index (χ0n) is 15.3. The molecule has 1 saturated heterocycles. The van der Waals surface area contributed by atoms with Crippen LogP contribution in [0.3, 0.4) is 0 Å². The Balaban J connectivity index is 1.46. The highest BCUT2D eigenvalue weighted by atomic mass is 19.1. The van der Waals surface area contributed by atoms with Crippen molar-refractivity contribution in [1.82, 2.24) is 15.3 Å². The van der Waals surface area contributed by atoms with Gasteiger partial charge in [-0.25, -0.2) is 9.37 Å². The number of hydrogen-bond donors (Lipinski definition) is 1. The monoisotopic (exact) mass is 374 g/mol. The lowest BCUT2D eigenvalue weighted by Gasteiger charge is -2.28. The molecule has 1 aromatic heterocycles. The summed E-state index contributed by atoms with van der Waals surface area (Å²) in [7, 11) is 0. The number of anilines is 1. The van der Waals surface area contributed by atoms with Gasteiger partial charge >= 0.3 is 0 Å². The maximum atomic E-state index is 13.6. The van der Waals surface area contributed by atoms with Crippen molar-refractivity contribution in [3.05, 3.63) is 47.5 Å². The van der Waals surface area contributed by atoms with Crippen LogP contribution in [0.4, 0.5) is 10.2 Å². The number of aromatic nitrogens is 2. The van der Waals surface area contributed by atoms with Crippen molar-refractivity contribution in [2.45, 2.75) is 13.3 Å². The number of halogens is 1. The number of morpholine rings is 1. The first-order valence-corrected chi connectivity index (χ1v) is 8.93. The van der Waals surface area contributed by atoms with Crippen molar-refractivity contribution in [2.24, 2.45) is 0 Å². The van der Waals surface area contributed by atoms with Crippen LogP contribution in [-0.2, 0) is 16.0 Å². The molecule has 0 unspecified atom stereocenters. The van der Waals surface area contributed by atoms with E-state index < -0.39 is 0 Å². The van der Waals surface area contributed by atoms with Crippen molar-refractivity contribution >= 4 is 11.7 Å². The van der Waals surface area contributed by atoms with Crippen LogP contribution in [0.15, 0.2) is 30.3 Å².